The van der Waals surface area contributed by atoms with Crippen molar-refractivity contribution in [3.8, 4) is 5.75 Å². The zero-order chi connectivity index (χ0) is 16.4. The van der Waals surface area contributed by atoms with Gasteiger partial charge in [-0.15, -0.1) is 0 Å². The summed E-state index contributed by atoms with van der Waals surface area (Å²) in [5.41, 5.74) is 1.25. The molecular formula is C16H25NO5. The Bertz CT molecular complexity index is 452. The minimum absolute atomic E-state index is 0.135. The fourth-order valence-corrected chi connectivity index (χ4v) is 2.06. The van der Waals surface area contributed by atoms with Crippen LogP contribution in [-0.2, 0) is 14.2 Å². The molecule has 2 N–H and O–H groups in total. The monoisotopic (exact) mass is 311 g/mol. The van der Waals surface area contributed by atoms with Gasteiger partial charge in [0.15, 0.2) is 6.79 Å². The molecule has 124 valence electrons. The molecule has 1 aromatic carbocycles. The summed E-state index contributed by atoms with van der Waals surface area (Å²) in [6, 6.07) is 7.33. The molecule has 0 saturated heterocycles. The number of aliphatic hydroxyl groups excluding tert-OH is 1. The molecule has 0 fully saturated rings. The second-order valence-electron chi connectivity index (χ2n) is 4.97. The first-order chi connectivity index (χ1) is 10.6. The molecule has 0 bridgehead atoms. The average Bonchev–Trinajstić information content (AvgIpc) is 2.52. The molecule has 0 aliphatic rings. The molecule has 1 aromatic rings. The van der Waals surface area contributed by atoms with Gasteiger partial charge in [-0.05, 0) is 24.6 Å². The van der Waals surface area contributed by atoms with Crippen molar-refractivity contribution in [2.24, 2.45) is 0 Å². The zero-order valence-electron chi connectivity index (χ0n) is 13.4. The maximum atomic E-state index is 9.63. The van der Waals surface area contributed by atoms with Gasteiger partial charge in [0.25, 0.3) is 0 Å². The van der Waals surface area contributed by atoms with Crippen LogP contribution in [-0.4, -0.2) is 51.3 Å². The number of hydrogen-bond donors (Lipinski definition) is 2. The molecule has 22 heavy (non-hydrogen) atoms. The van der Waals surface area contributed by atoms with Crippen LogP contribution >= 0.6 is 0 Å². The lowest BCUT2D eigenvalue weighted by Gasteiger charge is -2.20. The Balaban J connectivity index is 2.71. The van der Waals surface area contributed by atoms with Gasteiger partial charge >= 0.3 is 0 Å². The smallest absolute Gasteiger partial charge is 0.188 e. The van der Waals surface area contributed by atoms with Gasteiger partial charge in [-0.1, -0.05) is 12.1 Å². The summed E-state index contributed by atoms with van der Waals surface area (Å²) in [4.78, 5) is 0. The highest BCUT2D eigenvalue weighted by Crippen LogP contribution is 2.23. The van der Waals surface area contributed by atoms with Crippen LogP contribution in [0.25, 0.3) is 0 Å². The van der Waals surface area contributed by atoms with Crippen molar-refractivity contribution >= 4 is 5.71 Å². The molecule has 0 aliphatic heterocycles. The molecule has 6 heteroatoms. The standard InChI is InChI=1S/C16H25NO5/c1-12(21-10-19-2)7-16(17)15(9-18)13-5-4-6-14(8-13)22-11-20-3/h4-6,8,12,15,17-18H,7,9-11H2,1-3H3/t12-,15-/m0/s1. The fourth-order valence-electron chi connectivity index (χ4n) is 2.06. The third kappa shape index (κ3) is 6.11. The van der Waals surface area contributed by atoms with Crippen molar-refractivity contribution in [3.05, 3.63) is 29.8 Å². The van der Waals surface area contributed by atoms with E-state index in [1.165, 1.54) is 0 Å². The summed E-state index contributed by atoms with van der Waals surface area (Å²) in [5, 5.41) is 17.8. The van der Waals surface area contributed by atoms with Crippen LogP contribution in [0.2, 0.25) is 0 Å². The molecule has 0 radical (unpaired) electrons. The van der Waals surface area contributed by atoms with Crippen LogP contribution in [0, 0.1) is 5.41 Å². The number of hydrogen-bond acceptors (Lipinski definition) is 6. The first-order valence-corrected chi connectivity index (χ1v) is 7.12. The van der Waals surface area contributed by atoms with Gasteiger partial charge in [0.1, 0.15) is 12.5 Å². The van der Waals surface area contributed by atoms with Crippen LogP contribution in [0.5, 0.6) is 5.75 Å². The SMILES string of the molecule is COCOc1cccc([C@H](CO)C(=N)C[C@H](C)OCOC)c1. The average molecular weight is 311 g/mol. The largest absolute Gasteiger partial charge is 0.468 e. The maximum Gasteiger partial charge on any atom is 0.188 e. The predicted octanol–water partition coefficient (Wildman–Crippen LogP) is 2.16. The summed E-state index contributed by atoms with van der Waals surface area (Å²) in [5.74, 6) is 0.272. The minimum atomic E-state index is -0.375. The molecule has 0 spiro atoms. The van der Waals surface area contributed by atoms with Crippen molar-refractivity contribution in [2.45, 2.75) is 25.4 Å². The number of rotatable bonds is 11. The lowest BCUT2D eigenvalue weighted by molar-refractivity contribution is -0.0627. The van der Waals surface area contributed by atoms with Gasteiger partial charge in [0.2, 0.25) is 0 Å². The van der Waals surface area contributed by atoms with E-state index in [0.717, 1.165) is 5.56 Å². The number of ether oxygens (including phenoxy) is 4. The number of benzene rings is 1. The first-order valence-electron chi connectivity index (χ1n) is 7.12. The number of methoxy groups -OCH3 is 2. The number of aliphatic hydroxyl groups is 1. The minimum Gasteiger partial charge on any atom is -0.468 e. The van der Waals surface area contributed by atoms with Crippen molar-refractivity contribution in [1.29, 1.82) is 5.41 Å². The molecule has 2 atom stereocenters. The van der Waals surface area contributed by atoms with E-state index in [1.807, 2.05) is 31.2 Å². The summed E-state index contributed by atoms with van der Waals surface area (Å²) < 4.78 is 20.5. The Morgan fingerprint density at radius 3 is 2.59 bits per heavy atom. The van der Waals surface area contributed by atoms with Gasteiger partial charge in [0, 0.05) is 32.3 Å². The van der Waals surface area contributed by atoms with Crippen molar-refractivity contribution in [3.63, 3.8) is 0 Å². The third-order valence-electron chi connectivity index (χ3n) is 3.18. The van der Waals surface area contributed by atoms with E-state index in [9.17, 15) is 5.11 Å². The van der Waals surface area contributed by atoms with E-state index in [2.05, 4.69) is 0 Å². The Morgan fingerprint density at radius 2 is 1.95 bits per heavy atom. The third-order valence-corrected chi connectivity index (χ3v) is 3.18. The molecule has 0 saturated carbocycles. The molecule has 0 aromatic heterocycles. The van der Waals surface area contributed by atoms with E-state index in [4.69, 9.17) is 24.4 Å². The van der Waals surface area contributed by atoms with E-state index in [-0.39, 0.29) is 32.2 Å². The van der Waals surface area contributed by atoms with Crippen LogP contribution in [0.15, 0.2) is 24.3 Å². The van der Waals surface area contributed by atoms with Gasteiger partial charge in [-0.25, -0.2) is 0 Å². The quantitative estimate of drug-likeness (QED) is 0.483. The van der Waals surface area contributed by atoms with Gasteiger partial charge < -0.3 is 29.5 Å². The molecule has 0 heterocycles. The lowest BCUT2D eigenvalue weighted by atomic mass is 9.91. The van der Waals surface area contributed by atoms with E-state index in [1.54, 1.807) is 14.2 Å². The molecule has 0 unspecified atom stereocenters. The second-order valence-corrected chi connectivity index (χ2v) is 4.97. The number of nitrogens with one attached hydrogen (secondary N) is 1. The van der Waals surface area contributed by atoms with Crippen LogP contribution in [0.3, 0.4) is 0 Å². The van der Waals surface area contributed by atoms with Crippen molar-refractivity contribution in [2.75, 3.05) is 34.4 Å². The Kier molecular flexibility index (Phi) is 8.69. The first kappa shape index (κ1) is 18.6. The summed E-state index contributed by atoms with van der Waals surface area (Å²) in [7, 11) is 3.11. The van der Waals surface area contributed by atoms with Crippen LogP contribution < -0.4 is 4.74 Å². The summed E-state index contributed by atoms with van der Waals surface area (Å²) in [6.45, 7) is 2.09. The highest BCUT2D eigenvalue weighted by Gasteiger charge is 2.19. The normalized spacial score (nSPS) is 13.6. The summed E-state index contributed by atoms with van der Waals surface area (Å²) >= 11 is 0. The van der Waals surface area contributed by atoms with E-state index in [0.29, 0.717) is 17.9 Å². The van der Waals surface area contributed by atoms with Crippen LogP contribution in [0.4, 0.5) is 0 Å². The Hall–Kier alpha value is -1.47. The molecule has 0 aliphatic carbocycles. The van der Waals surface area contributed by atoms with Crippen molar-refractivity contribution < 1.29 is 24.1 Å². The van der Waals surface area contributed by atoms with Crippen LogP contribution in [0.1, 0.15) is 24.8 Å². The van der Waals surface area contributed by atoms with Crippen molar-refractivity contribution in [1.82, 2.24) is 0 Å². The molecule has 0 amide bonds. The maximum absolute atomic E-state index is 9.63. The molecular weight excluding hydrogens is 286 g/mol. The van der Waals surface area contributed by atoms with E-state index < -0.39 is 0 Å². The zero-order valence-corrected chi connectivity index (χ0v) is 13.4. The Morgan fingerprint density at radius 1 is 1.23 bits per heavy atom. The topological polar surface area (TPSA) is 81.0 Å². The lowest BCUT2D eigenvalue weighted by Crippen LogP contribution is -2.22. The Labute approximate surface area is 131 Å². The summed E-state index contributed by atoms with van der Waals surface area (Å²) in [6.07, 6.45) is 0.284. The fraction of sp³-hybridized carbons (Fsp3) is 0.562. The molecule has 1 rings (SSSR count). The second kappa shape index (κ2) is 10.3. The molecule has 6 nitrogen and oxygen atoms in total. The van der Waals surface area contributed by atoms with Gasteiger partial charge in [0.05, 0.1) is 12.7 Å². The van der Waals surface area contributed by atoms with Gasteiger partial charge in [-0.2, -0.15) is 0 Å². The highest BCUT2D eigenvalue weighted by molar-refractivity contribution is 5.88. The van der Waals surface area contributed by atoms with Gasteiger partial charge in [-0.3, -0.25) is 0 Å². The highest BCUT2D eigenvalue weighted by atomic mass is 16.7. The van der Waals surface area contributed by atoms with E-state index >= 15 is 0 Å². The predicted molar refractivity (Wildman–Crippen MR) is 83.5 cm³/mol.